The molecule has 6 nitrogen and oxygen atoms in total. The molecule has 30 heavy (non-hydrogen) atoms. The molecule has 1 aliphatic heterocycles. The average molecular weight is 414 g/mol. The van der Waals surface area contributed by atoms with Gasteiger partial charge in [-0.05, 0) is 30.2 Å². The lowest BCUT2D eigenvalue weighted by Gasteiger charge is -2.33. The van der Waals surface area contributed by atoms with Gasteiger partial charge in [-0.15, -0.1) is 0 Å². The number of hydrogen-bond donors (Lipinski definition) is 1. The standard InChI is InChI=1S/C24H31NO5/c1-17(26)24(2)16-25(23(27)29-4)15-20(24)19-10-11-21(28-3)22(14-19)30-13-12-18-8-6-5-7-9-18/h5-11,14,17,20,26H,12-13,15-16H2,1-4H3/t17-,20-,24-/m0/s1. The lowest BCUT2D eigenvalue weighted by Crippen LogP contribution is -2.38. The number of likely N-dealkylation sites (tertiary alicyclic amines) is 1. The number of carbonyl (C=O) groups excluding carboxylic acids is 1. The second-order valence-corrected chi connectivity index (χ2v) is 8.08. The Hall–Kier alpha value is -2.73. The summed E-state index contributed by atoms with van der Waals surface area (Å²) < 4.78 is 16.5. The number of methoxy groups -OCH3 is 2. The van der Waals surface area contributed by atoms with E-state index in [0.29, 0.717) is 31.2 Å². The molecule has 0 spiro atoms. The average Bonchev–Trinajstić information content (AvgIpc) is 3.13. The zero-order valence-electron chi connectivity index (χ0n) is 18.1. The topological polar surface area (TPSA) is 68.2 Å². The highest BCUT2D eigenvalue weighted by Gasteiger charge is 2.48. The van der Waals surface area contributed by atoms with Gasteiger partial charge in [0, 0.05) is 30.8 Å². The maximum atomic E-state index is 12.1. The molecule has 1 N–H and O–H groups in total. The number of hydrogen-bond acceptors (Lipinski definition) is 5. The molecule has 0 bridgehead atoms. The Morgan fingerprint density at radius 3 is 2.57 bits per heavy atom. The van der Waals surface area contributed by atoms with Crippen molar-refractivity contribution in [2.45, 2.75) is 32.3 Å². The number of rotatable bonds is 7. The fourth-order valence-electron chi connectivity index (χ4n) is 4.14. The summed E-state index contributed by atoms with van der Waals surface area (Å²) >= 11 is 0. The van der Waals surface area contributed by atoms with Gasteiger partial charge in [-0.3, -0.25) is 0 Å². The van der Waals surface area contributed by atoms with Crippen molar-refractivity contribution in [3.63, 3.8) is 0 Å². The van der Waals surface area contributed by atoms with Crippen LogP contribution in [0.3, 0.4) is 0 Å². The number of nitrogens with zero attached hydrogens (tertiary/aromatic N) is 1. The summed E-state index contributed by atoms with van der Waals surface area (Å²) in [6.45, 7) is 5.21. The van der Waals surface area contributed by atoms with E-state index in [1.54, 1.807) is 18.9 Å². The Morgan fingerprint density at radius 2 is 1.93 bits per heavy atom. The quantitative estimate of drug-likeness (QED) is 0.746. The summed E-state index contributed by atoms with van der Waals surface area (Å²) in [6.07, 6.45) is -0.182. The molecule has 0 aromatic heterocycles. The zero-order valence-corrected chi connectivity index (χ0v) is 18.1. The van der Waals surface area contributed by atoms with E-state index in [2.05, 4.69) is 12.1 Å². The second kappa shape index (κ2) is 9.39. The third-order valence-corrected chi connectivity index (χ3v) is 6.20. The minimum atomic E-state index is -0.596. The van der Waals surface area contributed by atoms with Crippen molar-refractivity contribution in [1.29, 1.82) is 0 Å². The van der Waals surface area contributed by atoms with E-state index in [4.69, 9.17) is 14.2 Å². The molecular formula is C24H31NO5. The smallest absolute Gasteiger partial charge is 0.409 e. The molecule has 0 aliphatic carbocycles. The number of benzene rings is 2. The molecule has 1 amide bonds. The molecule has 1 fully saturated rings. The van der Waals surface area contributed by atoms with Crippen LogP contribution in [-0.2, 0) is 11.2 Å². The molecule has 162 valence electrons. The van der Waals surface area contributed by atoms with Gasteiger partial charge in [0.2, 0.25) is 0 Å². The Labute approximate surface area is 178 Å². The number of amides is 1. The largest absolute Gasteiger partial charge is 0.493 e. The van der Waals surface area contributed by atoms with Crippen LogP contribution >= 0.6 is 0 Å². The molecule has 1 aliphatic rings. The predicted octanol–water partition coefficient (Wildman–Crippen LogP) is 3.87. The lowest BCUT2D eigenvalue weighted by atomic mass is 9.72. The monoisotopic (exact) mass is 413 g/mol. The van der Waals surface area contributed by atoms with Crippen molar-refractivity contribution in [3.05, 3.63) is 59.7 Å². The summed E-state index contributed by atoms with van der Waals surface area (Å²) in [4.78, 5) is 13.8. The Bertz CT molecular complexity index is 854. The first-order valence-electron chi connectivity index (χ1n) is 10.2. The summed E-state index contributed by atoms with van der Waals surface area (Å²) in [5.74, 6) is 1.27. The molecule has 3 atom stereocenters. The first-order valence-corrected chi connectivity index (χ1v) is 10.2. The number of ether oxygens (including phenoxy) is 3. The number of aliphatic hydroxyl groups is 1. The van der Waals surface area contributed by atoms with Gasteiger partial charge >= 0.3 is 6.09 Å². The van der Waals surface area contributed by atoms with Gasteiger partial charge in [0.15, 0.2) is 11.5 Å². The molecule has 1 saturated heterocycles. The van der Waals surface area contributed by atoms with Crippen LogP contribution in [-0.4, -0.2) is 56.1 Å². The van der Waals surface area contributed by atoms with E-state index < -0.39 is 11.5 Å². The summed E-state index contributed by atoms with van der Waals surface area (Å²) in [5, 5.41) is 10.5. The van der Waals surface area contributed by atoms with E-state index >= 15 is 0 Å². The van der Waals surface area contributed by atoms with Crippen LogP contribution in [0.15, 0.2) is 48.5 Å². The highest BCUT2D eigenvalue weighted by Crippen LogP contribution is 2.46. The van der Waals surface area contributed by atoms with Crippen molar-refractivity contribution < 1.29 is 24.1 Å². The maximum absolute atomic E-state index is 12.1. The third-order valence-electron chi connectivity index (χ3n) is 6.20. The molecule has 2 aromatic carbocycles. The van der Waals surface area contributed by atoms with Crippen molar-refractivity contribution in [2.24, 2.45) is 5.41 Å². The van der Waals surface area contributed by atoms with Crippen LogP contribution in [0.2, 0.25) is 0 Å². The maximum Gasteiger partial charge on any atom is 0.409 e. The van der Waals surface area contributed by atoms with Crippen LogP contribution in [0.1, 0.15) is 30.9 Å². The minimum Gasteiger partial charge on any atom is -0.493 e. The van der Waals surface area contributed by atoms with Gasteiger partial charge in [-0.1, -0.05) is 43.3 Å². The van der Waals surface area contributed by atoms with E-state index in [1.165, 1.54) is 12.7 Å². The molecule has 0 unspecified atom stereocenters. The fraction of sp³-hybridized carbons (Fsp3) is 0.458. The molecular weight excluding hydrogens is 382 g/mol. The Balaban J connectivity index is 1.82. The Morgan fingerprint density at radius 1 is 1.20 bits per heavy atom. The van der Waals surface area contributed by atoms with Gasteiger partial charge in [-0.2, -0.15) is 0 Å². The highest BCUT2D eigenvalue weighted by atomic mass is 16.5. The SMILES string of the molecule is COC(=O)N1C[C@@H](c2ccc(OC)c(OCCc3ccccc3)c2)[C@](C)([C@H](C)O)C1. The van der Waals surface area contributed by atoms with Gasteiger partial charge in [0.05, 0.1) is 26.9 Å². The van der Waals surface area contributed by atoms with Crippen molar-refractivity contribution in [3.8, 4) is 11.5 Å². The highest BCUT2D eigenvalue weighted by molar-refractivity contribution is 5.68. The van der Waals surface area contributed by atoms with Crippen molar-refractivity contribution in [1.82, 2.24) is 4.90 Å². The van der Waals surface area contributed by atoms with Gasteiger partial charge in [0.1, 0.15) is 0 Å². The predicted molar refractivity (Wildman–Crippen MR) is 115 cm³/mol. The van der Waals surface area contributed by atoms with Crippen LogP contribution in [0.5, 0.6) is 11.5 Å². The van der Waals surface area contributed by atoms with Crippen LogP contribution in [0.25, 0.3) is 0 Å². The van der Waals surface area contributed by atoms with Crippen molar-refractivity contribution in [2.75, 3.05) is 33.9 Å². The van der Waals surface area contributed by atoms with Crippen LogP contribution < -0.4 is 9.47 Å². The second-order valence-electron chi connectivity index (χ2n) is 8.08. The molecule has 6 heteroatoms. The van der Waals surface area contributed by atoms with Gasteiger partial charge in [-0.25, -0.2) is 4.79 Å². The summed E-state index contributed by atoms with van der Waals surface area (Å²) in [6, 6.07) is 16.0. The summed E-state index contributed by atoms with van der Waals surface area (Å²) in [5.41, 5.74) is 1.71. The van der Waals surface area contributed by atoms with E-state index in [0.717, 1.165) is 12.0 Å². The van der Waals surface area contributed by atoms with Crippen LogP contribution in [0, 0.1) is 5.41 Å². The van der Waals surface area contributed by atoms with Crippen LogP contribution in [0.4, 0.5) is 4.79 Å². The van der Waals surface area contributed by atoms with Crippen molar-refractivity contribution >= 4 is 6.09 Å². The molecule has 3 rings (SSSR count). The normalized spacial score (nSPS) is 21.9. The molecule has 0 radical (unpaired) electrons. The summed E-state index contributed by atoms with van der Waals surface area (Å²) in [7, 11) is 3.00. The van der Waals surface area contributed by atoms with E-state index in [9.17, 15) is 9.90 Å². The first-order chi connectivity index (χ1) is 14.4. The molecule has 0 saturated carbocycles. The first kappa shape index (κ1) is 22.0. The van der Waals surface area contributed by atoms with E-state index in [1.807, 2.05) is 43.3 Å². The lowest BCUT2D eigenvalue weighted by molar-refractivity contribution is 0.0470. The molecule has 1 heterocycles. The molecule has 2 aromatic rings. The third kappa shape index (κ3) is 4.54. The van der Waals surface area contributed by atoms with Gasteiger partial charge in [0.25, 0.3) is 0 Å². The zero-order chi connectivity index (χ0) is 21.7. The van der Waals surface area contributed by atoms with E-state index in [-0.39, 0.29) is 12.0 Å². The Kier molecular flexibility index (Phi) is 6.87. The number of carbonyl (C=O) groups is 1. The number of aliphatic hydroxyl groups excluding tert-OH is 1. The minimum absolute atomic E-state index is 0.0565. The fourth-order valence-corrected chi connectivity index (χ4v) is 4.14. The van der Waals surface area contributed by atoms with Gasteiger partial charge < -0.3 is 24.2 Å².